The van der Waals surface area contributed by atoms with Crippen molar-refractivity contribution in [1.82, 2.24) is 24.9 Å². The highest BCUT2D eigenvalue weighted by atomic mass is 35.5. The van der Waals surface area contributed by atoms with Crippen molar-refractivity contribution in [2.75, 3.05) is 18.0 Å². The monoisotopic (exact) mass is 493 g/mol. The number of alkyl halides is 3. The highest BCUT2D eigenvalue weighted by Crippen LogP contribution is 2.34. The molecule has 8 nitrogen and oxygen atoms in total. The third-order valence-corrected chi connectivity index (χ3v) is 6.27. The summed E-state index contributed by atoms with van der Waals surface area (Å²) >= 11 is 6.54. The van der Waals surface area contributed by atoms with Crippen molar-refractivity contribution < 1.29 is 18.0 Å². The molecule has 0 spiro atoms. The van der Waals surface area contributed by atoms with Crippen LogP contribution in [0, 0.1) is 17.2 Å². The third-order valence-electron chi connectivity index (χ3n) is 5.88. The van der Waals surface area contributed by atoms with Gasteiger partial charge in [0.1, 0.15) is 29.2 Å². The van der Waals surface area contributed by atoms with Gasteiger partial charge in [-0.25, -0.2) is 0 Å². The van der Waals surface area contributed by atoms with Gasteiger partial charge in [-0.1, -0.05) is 35.9 Å². The molecule has 0 radical (unpaired) electrons. The first kappa shape index (κ1) is 23.9. The number of anilines is 1. The fraction of sp³-hybridized carbons (Fsp3) is 0.455. The first-order valence-electron chi connectivity index (χ1n) is 10.9. The number of aryl methyl sites for hydroxylation is 1. The summed E-state index contributed by atoms with van der Waals surface area (Å²) in [7, 11) is 0. The molecule has 0 saturated heterocycles. The Labute approximate surface area is 199 Å². The van der Waals surface area contributed by atoms with Gasteiger partial charge in [-0.05, 0) is 26.2 Å². The average Bonchev–Trinajstić information content (AvgIpc) is 3.54. The van der Waals surface area contributed by atoms with Gasteiger partial charge in [0.2, 0.25) is 5.91 Å². The van der Waals surface area contributed by atoms with Gasteiger partial charge < -0.3 is 10.2 Å². The molecule has 2 aromatic heterocycles. The van der Waals surface area contributed by atoms with E-state index in [-0.39, 0.29) is 34.7 Å². The number of fused-ring (bicyclic) bond motifs is 1. The first-order chi connectivity index (χ1) is 16.2. The number of aromatic nitrogens is 4. The Balaban J connectivity index is 1.72. The van der Waals surface area contributed by atoms with Crippen LogP contribution < -0.4 is 10.2 Å². The van der Waals surface area contributed by atoms with Gasteiger partial charge >= 0.3 is 6.18 Å². The molecule has 0 fully saturated rings. The SMILES string of the molecule is CC(C(=O)NCC1C=CC=C1)N(CC(F)(F)F)c1c(C#N)cnn1-c1nn2c(c1Cl)CCCC2. The Hall–Kier alpha value is -3.26. The van der Waals surface area contributed by atoms with E-state index in [0.29, 0.717) is 13.0 Å². The maximum absolute atomic E-state index is 13.6. The highest BCUT2D eigenvalue weighted by Gasteiger charge is 2.38. The number of hydrogen-bond acceptors (Lipinski definition) is 5. The fourth-order valence-corrected chi connectivity index (χ4v) is 4.45. The van der Waals surface area contributed by atoms with E-state index in [1.54, 1.807) is 4.68 Å². The van der Waals surface area contributed by atoms with Crippen LogP contribution in [0.3, 0.4) is 0 Å². The number of carbonyl (C=O) groups excluding carboxylic acids is 1. The number of hydrogen-bond donors (Lipinski definition) is 1. The summed E-state index contributed by atoms with van der Waals surface area (Å²) in [4.78, 5) is 13.7. The second-order valence-corrected chi connectivity index (χ2v) is 8.65. The summed E-state index contributed by atoms with van der Waals surface area (Å²) in [5.74, 6) is -0.676. The minimum Gasteiger partial charge on any atom is -0.353 e. The molecule has 34 heavy (non-hydrogen) atoms. The molecular weight excluding hydrogens is 471 g/mol. The molecule has 1 aliphatic heterocycles. The van der Waals surface area contributed by atoms with Gasteiger partial charge in [-0.15, -0.1) is 0 Å². The summed E-state index contributed by atoms with van der Waals surface area (Å²) in [6.45, 7) is 0.780. The summed E-state index contributed by atoms with van der Waals surface area (Å²) < 4.78 is 43.8. The number of nitrogens with zero attached hydrogens (tertiary/aromatic N) is 6. The van der Waals surface area contributed by atoms with Crippen molar-refractivity contribution >= 4 is 23.3 Å². The molecule has 2 aromatic rings. The Morgan fingerprint density at radius 1 is 1.38 bits per heavy atom. The molecule has 0 aromatic carbocycles. The topological polar surface area (TPSA) is 91.8 Å². The van der Waals surface area contributed by atoms with Gasteiger partial charge in [0.05, 0.1) is 11.9 Å². The Kier molecular flexibility index (Phi) is 6.70. The lowest BCUT2D eigenvalue weighted by molar-refractivity contribution is -0.127. The normalized spacial score (nSPS) is 16.4. The predicted molar refractivity (Wildman–Crippen MR) is 120 cm³/mol. The van der Waals surface area contributed by atoms with Crippen LogP contribution in [0.25, 0.3) is 5.82 Å². The summed E-state index contributed by atoms with van der Waals surface area (Å²) in [5, 5.41) is 21.2. The number of rotatable bonds is 7. The van der Waals surface area contributed by atoms with E-state index in [9.17, 15) is 23.2 Å². The summed E-state index contributed by atoms with van der Waals surface area (Å²) in [6.07, 6.45) is 6.45. The Morgan fingerprint density at radius 2 is 2.12 bits per heavy atom. The van der Waals surface area contributed by atoms with Crippen LogP contribution in [0.4, 0.5) is 19.0 Å². The molecule has 0 bridgehead atoms. The Bertz CT molecular complexity index is 1160. The van der Waals surface area contributed by atoms with Crippen molar-refractivity contribution in [3.8, 4) is 11.9 Å². The smallest absolute Gasteiger partial charge is 0.353 e. The van der Waals surface area contributed by atoms with E-state index in [0.717, 1.165) is 34.3 Å². The molecule has 180 valence electrons. The lowest BCUT2D eigenvalue weighted by Gasteiger charge is -2.31. The van der Waals surface area contributed by atoms with Crippen LogP contribution in [-0.2, 0) is 17.8 Å². The van der Waals surface area contributed by atoms with E-state index < -0.39 is 24.7 Å². The lowest BCUT2D eigenvalue weighted by Crippen LogP contribution is -2.50. The average molecular weight is 494 g/mol. The Morgan fingerprint density at radius 3 is 2.76 bits per heavy atom. The lowest BCUT2D eigenvalue weighted by atomic mass is 10.1. The maximum atomic E-state index is 13.6. The van der Waals surface area contributed by atoms with Crippen LogP contribution in [0.2, 0.25) is 5.02 Å². The molecule has 12 heteroatoms. The highest BCUT2D eigenvalue weighted by molar-refractivity contribution is 6.33. The number of halogens is 4. The first-order valence-corrected chi connectivity index (χ1v) is 11.3. The predicted octanol–water partition coefficient (Wildman–Crippen LogP) is 3.55. The molecule has 1 N–H and O–H groups in total. The van der Waals surface area contributed by atoms with E-state index in [4.69, 9.17) is 11.6 Å². The molecular formula is C22H23ClF3N7O. The van der Waals surface area contributed by atoms with Crippen molar-refractivity contribution in [2.24, 2.45) is 5.92 Å². The molecule has 1 unspecified atom stereocenters. The van der Waals surface area contributed by atoms with Crippen LogP contribution in [0.1, 0.15) is 31.0 Å². The standard InChI is InChI=1S/C22H23ClF3N7O/c1-14(20(34)28-11-15-6-2-3-7-15)31(13-22(24,25)26)21-16(10-27)12-29-33(21)19-18(23)17-8-4-5-9-32(17)30-19/h2-3,6-7,12,14-15H,4-5,8-9,11,13H2,1H3,(H,28,34). The van der Waals surface area contributed by atoms with Gasteiger partial charge in [0, 0.05) is 19.0 Å². The quantitative estimate of drug-likeness (QED) is 0.637. The van der Waals surface area contributed by atoms with Crippen LogP contribution in [0.15, 0.2) is 30.5 Å². The molecule has 1 aliphatic carbocycles. The molecule has 3 heterocycles. The molecule has 2 aliphatic rings. The number of nitriles is 1. The third kappa shape index (κ3) is 4.82. The van der Waals surface area contributed by atoms with Gasteiger partial charge in [0.15, 0.2) is 11.6 Å². The van der Waals surface area contributed by atoms with Gasteiger partial charge in [0.25, 0.3) is 0 Å². The minimum absolute atomic E-state index is 0.0249. The fourth-order valence-electron chi connectivity index (χ4n) is 4.14. The summed E-state index contributed by atoms with van der Waals surface area (Å²) in [6, 6.07) is 0.629. The maximum Gasteiger partial charge on any atom is 0.406 e. The molecule has 1 amide bonds. The molecule has 1 atom stereocenters. The van der Waals surface area contributed by atoms with Crippen molar-refractivity contribution in [3.05, 3.63) is 46.8 Å². The number of allylic oxidation sites excluding steroid dienone is 2. The molecule has 4 rings (SSSR count). The van der Waals surface area contributed by atoms with E-state index in [2.05, 4.69) is 15.5 Å². The second-order valence-electron chi connectivity index (χ2n) is 8.27. The van der Waals surface area contributed by atoms with E-state index in [1.807, 2.05) is 30.4 Å². The zero-order chi connectivity index (χ0) is 24.5. The van der Waals surface area contributed by atoms with Crippen molar-refractivity contribution in [2.45, 2.75) is 44.9 Å². The van der Waals surface area contributed by atoms with E-state index in [1.165, 1.54) is 6.92 Å². The van der Waals surface area contributed by atoms with Crippen molar-refractivity contribution in [1.29, 1.82) is 5.26 Å². The number of nitrogens with one attached hydrogen (secondary N) is 1. The second kappa shape index (κ2) is 9.54. The van der Waals surface area contributed by atoms with Crippen molar-refractivity contribution in [3.63, 3.8) is 0 Å². The molecule has 0 saturated carbocycles. The van der Waals surface area contributed by atoms with E-state index >= 15 is 0 Å². The largest absolute Gasteiger partial charge is 0.406 e. The summed E-state index contributed by atoms with van der Waals surface area (Å²) in [5.41, 5.74) is 0.654. The van der Waals surface area contributed by atoms with Gasteiger partial charge in [-0.2, -0.15) is 33.3 Å². The number of amides is 1. The van der Waals surface area contributed by atoms with Crippen LogP contribution in [-0.4, -0.2) is 50.8 Å². The van der Waals surface area contributed by atoms with Crippen LogP contribution >= 0.6 is 11.6 Å². The zero-order valence-electron chi connectivity index (χ0n) is 18.4. The zero-order valence-corrected chi connectivity index (χ0v) is 19.1. The van der Waals surface area contributed by atoms with Crippen LogP contribution in [0.5, 0.6) is 0 Å². The minimum atomic E-state index is -4.65. The van der Waals surface area contributed by atoms with Gasteiger partial charge in [-0.3, -0.25) is 9.48 Å². The number of carbonyl (C=O) groups is 1.